The van der Waals surface area contributed by atoms with Gasteiger partial charge in [0.25, 0.3) is 0 Å². The average molecular weight is 371 g/mol. The van der Waals surface area contributed by atoms with Crippen LogP contribution in [-0.4, -0.2) is 31.4 Å². The van der Waals surface area contributed by atoms with Gasteiger partial charge < -0.3 is 4.74 Å². The van der Waals surface area contributed by atoms with Crippen LogP contribution < -0.4 is 4.72 Å². The number of hydrogen-bond donors (Lipinski definition) is 1. The number of para-hydroxylation sites is 2. The predicted molar refractivity (Wildman–Crippen MR) is 96.1 cm³/mol. The number of nitrogens with one attached hydrogen (secondary N) is 1. The molecule has 0 bridgehead atoms. The van der Waals surface area contributed by atoms with Gasteiger partial charge in [0, 0.05) is 0 Å². The van der Waals surface area contributed by atoms with Gasteiger partial charge in [-0.1, -0.05) is 18.2 Å². The topological polar surface area (TPSA) is 98.2 Å². The van der Waals surface area contributed by atoms with Gasteiger partial charge in [0.1, 0.15) is 6.61 Å². The van der Waals surface area contributed by atoms with Crippen LogP contribution in [0.3, 0.4) is 0 Å². The summed E-state index contributed by atoms with van der Waals surface area (Å²) in [6.07, 6.45) is 0. The van der Waals surface area contributed by atoms with Crippen LogP contribution in [0, 0.1) is 6.92 Å². The lowest BCUT2D eigenvalue weighted by Crippen LogP contribution is -2.19. The Balaban J connectivity index is 1.79. The summed E-state index contributed by atoms with van der Waals surface area (Å²) in [5.41, 5.74) is 2.85. The Labute approximate surface area is 151 Å². The number of sulfonamides is 1. The van der Waals surface area contributed by atoms with Gasteiger partial charge in [-0.15, -0.1) is 0 Å². The van der Waals surface area contributed by atoms with Crippen LogP contribution in [0.25, 0.3) is 11.0 Å². The lowest BCUT2D eigenvalue weighted by Gasteiger charge is -2.09. The number of esters is 1. The van der Waals surface area contributed by atoms with Gasteiger partial charge in [0.15, 0.2) is 0 Å². The smallest absolute Gasteiger partial charge is 0.338 e. The van der Waals surface area contributed by atoms with Gasteiger partial charge >= 0.3 is 5.97 Å². The zero-order valence-electron chi connectivity index (χ0n) is 14.3. The molecule has 2 aromatic carbocycles. The molecule has 0 unspecified atom stereocenters. The molecule has 1 N–H and O–H groups in total. The summed E-state index contributed by atoms with van der Waals surface area (Å²) in [4.78, 5) is 21.2. The Morgan fingerprint density at radius 1 is 1.08 bits per heavy atom. The molecular weight excluding hydrogens is 354 g/mol. The van der Waals surface area contributed by atoms with Crippen LogP contribution in [0.1, 0.15) is 21.7 Å². The summed E-state index contributed by atoms with van der Waals surface area (Å²) in [5.74, 6) is -0.632. The molecule has 0 aliphatic heterocycles. The first-order valence-electron chi connectivity index (χ1n) is 7.84. The zero-order valence-corrected chi connectivity index (χ0v) is 15.1. The first kappa shape index (κ1) is 18.0. The van der Waals surface area contributed by atoms with Gasteiger partial charge in [-0.3, -0.25) is 0 Å². The molecule has 0 fully saturated rings. The maximum absolute atomic E-state index is 12.3. The van der Waals surface area contributed by atoms with Gasteiger partial charge in [0.2, 0.25) is 10.0 Å². The highest BCUT2D eigenvalue weighted by Gasteiger charge is 2.16. The van der Waals surface area contributed by atoms with Crippen molar-refractivity contribution in [1.82, 2.24) is 14.7 Å². The standard InChI is InChI=1S/C18H17N3O4S/c1-12-17(21-16-9-4-3-8-15(16)20-12)11-25-18(22)13-6-5-7-14(10-13)26(23,24)19-2/h3-10,19H,11H2,1-2H3. The van der Waals surface area contributed by atoms with E-state index in [0.717, 1.165) is 5.52 Å². The fourth-order valence-electron chi connectivity index (χ4n) is 2.39. The third-order valence-corrected chi connectivity index (χ3v) is 5.24. The third kappa shape index (κ3) is 3.71. The third-order valence-electron chi connectivity index (χ3n) is 3.83. The van der Waals surface area contributed by atoms with E-state index in [0.29, 0.717) is 16.9 Å². The zero-order chi connectivity index (χ0) is 18.7. The number of rotatable bonds is 5. The second-order valence-corrected chi connectivity index (χ2v) is 7.44. The molecule has 1 heterocycles. The summed E-state index contributed by atoms with van der Waals surface area (Å²) in [7, 11) is -2.33. The number of fused-ring (bicyclic) bond motifs is 1. The first-order chi connectivity index (χ1) is 12.4. The minimum Gasteiger partial charge on any atom is -0.456 e. The van der Waals surface area contributed by atoms with Crippen molar-refractivity contribution in [3.63, 3.8) is 0 Å². The minimum atomic E-state index is -3.63. The quantitative estimate of drug-likeness (QED) is 0.691. The predicted octanol–water partition coefficient (Wildman–Crippen LogP) is 2.20. The van der Waals surface area contributed by atoms with Crippen LogP contribution in [-0.2, 0) is 21.4 Å². The fourth-order valence-corrected chi connectivity index (χ4v) is 3.16. The lowest BCUT2D eigenvalue weighted by molar-refractivity contribution is 0.0466. The molecule has 0 radical (unpaired) electrons. The molecule has 0 saturated heterocycles. The van der Waals surface area contributed by atoms with E-state index >= 15 is 0 Å². The number of aryl methyl sites for hydroxylation is 1. The molecule has 0 atom stereocenters. The summed E-state index contributed by atoms with van der Waals surface area (Å²) in [5, 5.41) is 0. The number of carbonyl (C=O) groups is 1. The summed E-state index contributed by atoms with van der Waals surface area (Å²) < 4.78 is 31.2. The Bertz CT molecular complexity index is 1080. The van der Waals surface area contributed by atoms with Crippen LogP contribution in [0.2, 0.25) is 0 Å². The molecule has 1 aromatic heterocycles. The van der Waals surface area contributed by atoms with Crippen molar-refractivity contribution in [1.29, 1.82) is 0 Å². The summed E-state index contributed by atoms with van der Waals surface area (Å²) >= 11 is 0. The van der Waals surface area contributed by atoms with Gasteiger partial charge in [-0.25, -0.2) is 27.9 Å². The summed E-state index contributed by atoms with van der Waals surface area (Å²) in [6, 6.07) is 13.1. The maximum Gasteiger partial charge on any atom is 0.338 e. The van der Waals surface area contributed by atoms with E-state index in [1.54, 1.807) is 6.92 Å². The van der Waals surface area contributed by atoms with E-state index in [1.165, 1.54) is 31.3 Å². The van der Waals surface area contributed by atoms with Crippen LogP contribution >= 0.6 is 0 Å². The molecule has 0 saturated carbocycles. The molecule has 3 aromatic rings. The van der Waals surface area contributed by atoms with E-state index in [9.17, 15) is 13.2 Å². The Hall–Kier alpha value is -2.84. The number of nitrogens with zero attached hydrogens (tertiary/aromatic N) is 2. The molecule has 8 heteroatoms. The Kier molecular flexibility index (Phi) is 4.97. The van der Waals surface area contributed by atoms with Crippen LogP contribution in [0.4, 0.5) is 0 Å². The van der Waals surface area contributed by atoms with Crippen molar-refractivity contribution in [2.45, 2.75) is 18.4 Å². The first-order valence-corrected chi connectivity index (χ1v) is 9.32. The molecule has 26 heavy (non-hydrogen) atoms. The number of hydrogen-bond acceptors (Lipinski definition) is 6. The van der Waals surface area contributed by atoms with E-state index in [1.807, 2.05) is 24.3 Å². The monoisotopic (exact) mass is 371 g/mol. The fraction of sp³-hybridized carbons (Fsp3) is 0.167. The molecule has 3 rings (SSSR count). The maximum atomic E-state index is 12.3. The summed E-state index contributed by atoms with van der Waals surface area (Å²) in [6.45, 7) is 1.74. The van der Waals surface area contributed by atoms with Gasteiger partial charge in [-0.05, 0) is 44.3 Å². The van der Waals surface area contributed by atoms with Crippen molar-refractivity contribution in [2.75, 3.05) is 7.05 Å². The van der Waals surface area contributed by atoms with Crippen molar-refractivity contribution < 1.29 is 17.9 Å². The van der Waals surface area contributed by atoms with Crippen LogP contribution in [0.15, 0.2) is 53.4 Å². The molecule has 0 aliphatic rings. The normalized spacial score (nSPS) is 11.5. The second-order valence-electron chi connectivity index (χ2n) is 5.56. The van der Waals surface area contributed by atoms with E-state index in [2.05, 4.69) is 14.7 Å². The van der Waals surface area contributed by atoms with Crippen molar-refractivity contribution in [2.24, 2.45) is 0 Å². The highest BCUT2D eigenvalue weighted by atomic mass is 32.2. The highest BCUT2D eigenvalue weighted by Crippen LogP contribution is 2.15. The molecule has 0 amide bonds. The van der Waals surface area contributed by atoms with Gasteiger partial charge in [0.05, 0.1) is 32.9 Å². The SMILES string of the molecule is CNS(=O)(=O)c1cccc(C(=O)OCc2nc3ccccc3nc2C)c1. The van der Waals surface area contributed by atoms with E-state index in [-0.39, 0.29) is 17.1 Å². The highest BCUT2D eigenvalue weighted by molar-refractivity contribution is 7.89. The molecule has 134 valence electrons. The van der Waals surface area contributed by atoms with Gasteiger partial charge in [-0.2, -0.15) is 0 Å². The minimum absolute atomic E-state index is 0.00359. The second kappa shape index (κ2) is 7.19. The van der Waals surface area contributed by atoms with E-state index in [4.69, 9.17) is 4.74 Å². The molecular formula is C18H17N3O4S. The number of carbonyl (C=O) groups excluding carboxylic acids is 1. The Morgan fingerprint density at radius 3 is 2.46 bits per heavy atom. The van der Waals surface area contributed by atoms with Crippen molar-refractivity contribution in [3.8, 4) is 0 Å². The molecule has 0 aliphatic carbocycles. The number of ether oxygens (including phenoxy) is 1. The van der Waals surface area contributed by atoms with Crippen LogP contribution in [0.5, 0.6) is 0 Å². The van der Waals surface area contributed by atoms with E-state index < -0.39 is 16.0 Å². The number of aromatic nitrogens is 2. The largest absolute Gasteiger partial charge is 0.456 e. The Morgan fingerprint density at radius 2 is 1.77 bits per heavy atom. The van der Waals surface area contributed by atoms with Crippen molar-refractivity contribution >= 4 is 27.0 Å². The lowest BCUT2D eigenvalue weighted by atomic mass is 10.2. The number of benzene rings is 2. The average Bonchev–Trinajstić information content (AvgIpc) is 2.66. The molecule has 0 spiro atoms. The molecule has 7 nitrogen and oxygen atoms in total. The van der Waals surface area contributed by atoms with Crippen molar-refractivity contribution in [3.05, 3.63) is 65.5 Å².